The molecule has 7 nitrogen and oxygen atoms in total. The fourth-order valence-electron chi connectivity index (χ4n) is 2.83. The maximum atomic E-state index is 12.6. The van der Waals surface area contributed by atoms with Gasteiger partial charge in [-0.3, -0.25) is 4.79 Å². The number of aryl methyl sites for hydroxylation is 3. The number of carbonyl (C=O) groups is 1. The maximum Gasteiger partial charge on any atom is 0.259 e. The van der Waals surface area contributed by atoms with Gasteiger partial charge in [-0.15, -0.1) is 0 Å². The SMILES string of the molecule is Cc1ccc(NC(=O)c2cn(-c3ccc(-c4noc(C)n4)cc3)nc2C)cc1. The van der Waals surface area contributed by atoms with Crippen LogP contribution in [-0.4, -0.2) is 25.8 Å². The van der Waals surface area contributed by atoms with Gasteiger partial charge in [0, 0.05) is 24.4 Å². The Labute approximate surface area is 162 Å². The van der Waals surface area contributed by atoms with Gasteiger partial charge in [0.15, 0.2) is 0 Å². The molecule has 2 heterocycles. The number of carbonyl (C=O) groups excluding carboxylic acids is 1. The standard InChI is InChI=1S/C21H19N5O2/c1-13-4-8-17(9-5-13)23-21(27)19-12-26(24-14(19)2)18-10-6-16(7-11-18)20-22-15(3)28-25-20/h4-12H,1-3H3,(H,23,27). The van der Waals surface area contributed by atoms with Crippen LogP contribution in [0.25, 0.3) is 17.1 Å². The van der Waals surface area contributed by atoms with Crippen LogP contribution >= 0.6 is 0 Å². The molecule has 4 rings (SSSR count). The number of nitrogens with one attached hydrogen (secondary N) is 1. The predicted molar refractivity (Wildman–Crippen MR) is 105 cm³/mol. The highest BCUT2D eigenvalue weighted by molar-refractivity contribution is 6.04. The van der Waals surface area contributed by atoms with Crippen molar-refractivity contribution in [3.8, 4) is 17.1 Å². The normalized spacial score (nSPS) is 10.8. The summed E-state index contributed by atoms with van der Waals surface area (Å²) in [5, 5.41) is 11.3. The van der Waals surface area contributed by atoms with Gasteiger partial charge in [0.25, 0.3) is 5.91 Å². The molecule has 140 valence electrons. The van der Waals surface area contributed by atoms with Gasteiger partial charge in [0.2, 0.25) is 11.7 Å². The quantitative estimate of drug-likeness (QED) is 0.582. The second-order valence-corrected chi connectivity index (χ2v) is 6.58. The number of nitrogens with zero attached hydrogens (tertiary/aromatic N) is 4. The number of hydrogen-bond acceptors (Lipinski definition) is 5. The van der Waals surface area contributed by atoms with E-state index >= 15 is 0 Å². The molecule has 2 aromatic heterocycles. The number of hydrogen-bond donors (Lipinski definition) is 1. The summed E-state index contributed by atoms with van der Waals surface area (Å²) in [6.07, 6.45) is 1.73. The smallest absolute Gasteiger partial charge is 0.259 e. The van der Waals surface area contributed by atoms with Crippen LogP contribution in [0.15, 0.2) is 59.3 Å². The van der Waals surface area contributed by atoms with Crippen molar-refractivity contribution in [1.82, 2.24) is 19.9 Å². The summed E-state index contributed by atoms with van der Waals surface area (Å²) in [5.74, 6) is 0.872. The Morgan fingerprint density at radius 2 is 1.71 bits per heavy atom. The lowest BCUT2D eigenvalue weighted by Gasteiger charge is -2.04. The monoisotopic (exact) mass is 373 g/mol. The molecule has 2 aromatic carbocycles. The number of anilines is 1. The first kappa shape index (κ1) is 17.7. The molecule has 7 heteroatoms. The van der Waals surface area contributed by atoms with Crippen molar-refractivity contribution in [2.75, 3.05) is 5.32 Å². The fourth-order valence-corrected chi connectivity index (χ4v) is 2.83. The zero-order chi connectivity index (χ0) is 19.7. The van der Waals surface area contributed by atoms with E-state index in [1.165, 1.54) is 0 Å². The molecule has 0 saturated carbocycles. The molecule has 0 aliphatic carbocycles. The van der Waals surface area contributed by atoms with Gasteiger partial charge in [-0.2, -0.15) is 10.1 Å². The second-order valence-electron chi connectivity index (χ2n) is 6.58. The average Bonchev–Trinajstić information content (AvgIpc) is 3.30. The van der Waals surface area contributed by atoms with E-state index in [9.17, 15) is 4.79 Å². The highest BCUT2D eigenvalue weighted by Crippen LogP contribution is 2.19. The Balaban J connectivity index is 1.55. The molecule has 4 aromatic rings. The number of rotatable bonds is 4. The van der Waals surface area contributed by atoms with Crippen molar-refractivity contribution in [1.29, 1.82) is 0 Å². The van der Waals surface area contributed by atoms with Gasteiger partial charge in [0.1, 0.15) is 0 Å². The molecule has 0 radical (unpaired) electrons. The Morgan fingerprint density at radius 1 is 1.00 bits per heavy atom. The first-order chi connectivity index (χ1) is 13.5. The first-order valence-corrected chi connectivity index (χ1v) is 8.85. The van der Waals surface area contributed by atoms with Gasteiger partial charge in [-0.1, -0.05) is 22.9 Å². The van der Waals surface area contributed by atoms with E-state index in [4.69, 9.17) is 4.52 Å². The zero-order valence-electron chi connectivity index (χ0n) is 15.8. The van der Waals surface area contributed by atoms with Gasteiger partial charge in [-0.05, 0) is 50.2 Å². The minimum absolute atomic E-state index is 0.188. The summed E-state index contributed by atoms with van der Waals surface area (Å²) < 4.78 is 6.70. The molecule has 0 aliphatic rings. The van der Waals surface area contributed by atoms with Crippen molar-refractivity contribution in [3.63, 3.8) is 0 Å². The molecule has 28 heavy (non-hydrogen) atoms. The minimum Gasteiger partial charge on any atom is -0.339 e. The van der Waals surface area contributed by atoms with E-state index < -0.39 is 0 Å². The van der Waals surface area contributed by atoms with Crippen molar-refractivity contribution < 1.29 is 9.32 Å². The van der Waals surface area contributed by atoms with Crippen molar-refractivity contribution in [3.05, 3.63) is 77.4 Å². The number of amides is 1. The molecule has 0 unspecified atom stereocenters. The Morgan fingerprint density at radius 3 is 2.36 bits per heavy atom. The van der Waals surface area contributed by atoms with E-state index in [0.717, 1.165) is 22.5 Å². The summed E-state index contributed by atoms with van der Waals surface area (Å²) >= 11 is 0. The first-order valence-electron chi connectivity index (χ1n) is 8.85. The largest absolute Gasteiger partial charge is 0.339 e. The van der Waals surface area contributed by atoms with E-state index in [1.54, 1.807) is 17.8 Å². The minimum atomic E-state index is -0.188. The van der Waals surface area contributed by atoms with Crippen LogP contribution < -0.4 is 5.32 Å². The van der Waals surface area contributed by atoms with Crippen LogP contribution in [0.4, 0.5) is 5.69 Å². The number of aromatic nitrogens is 4. The number of benzene rings is 2. The lowest BCUT2D eigenvalue weighted by Crippen LogP contribution is -2.12. The predicted octanol–water partition coefficient (Wildman–Crippen LogP) is 4.10. The van der Waals surface area contributed by atoms with Gasteiger partial charge in [0.05, 0.1) is 16.9 Å². The lowest BCUT2D eigenvalue weighted by molar-refractivity contribution is 0.102. The molecule has 0 aliphatic heterocycles. The van der Waals surface area contributed by atoms with Crippen molar-refractivity contribution in [2.45, 2.75) is 20.8 Å². The molecule has 1 N–H and O–H groups in total. The molecule has 0 saturated heterocycles. The van der Waals surface area contributed by atoms with Crippen molar-refractivity contribution in [2.24, 2.45) is 0 Å². The zero-order valence-corrected chi connectivity index (χ0v) is 15.8. The second kappa shape index (κ2) is 7.11. The van der Waals surface area contributed by atoms with Gasteiger partial charge in [-0.25, -0.2) is 4.68 Å². The molecule has 0 bridgehead atoms. The van der Waals surface area contributed by atoms with Crippen LogP contribution in [-0.2, 0) is 0 Å². The Kier molecular flexibility index (Phi) is 4.49. The maximum absolute atomic E-state index is 12.6. The Bertz CT molecular complexity index is 1120. The summed E-state index contributed by atoms with van der Waals surface area (Å²) in [7, 11) is 0. The molecular weight excluding hydrogens is 354 g/mol. The Hall–Kier alpha value is -3.74. The van der Waals surface area contributed by atoms with Crippen LogP contribution in [0.2, 0.25) is 0 Å². The summed E-state index contributed by atoms with van der Waals surface area (Å²) in [4.78, 5) is 16.8. The molecule has 0 atom stereocenters. The van der Waals surface area contributed by atoms with Gasteiger partial charge >= 0.3 is 0 Å². The summed E-state index contributed by atoms with van der Waals surface area (Å²) in [6.45, 7) is 5.57. The fraction of sp³-hybridized carbons (Fsp3) is 0.143. The van der Waals surface area contributed by atoms with Crippen LogP contribution in [0.3, 0.4) is 0 Å². The van der Waals surface area contributed by atoms with Crippen molar-refractivity contribution >= 4 is 11.6 Å². The molecular formula is C21H19N5O2. The van der Waals surface area contributed by atoms with Gasteiger partial charge < -0.3 is 9.84 Å². The third kappa shape index (κ3) is 3.55. The summed E-state index contributed by atoms with van der Waals surface area (Å²) in [6, 6.07) is 15.3. The third-order valence-corrected chi connectivity index (χ3v) is 4.37. The molecule has 0 fully saturated rings. The molecule has 0 spiro atoms. The average molecular weight is 373 g/mol. The summed E-state index contributed by atoms with van der Waals surface area (Å²) in [5.41, 5.74) is 4.76. The van der Waals surface area contributed by atoms with Crippen LogP contribution in [0.5, 0.6) is 0 Å². The van der Waals surface area contributed by atoms with Crippen LogP contribution in [0, 0.1) is 20.8 Å². The highest BCUT2D eigenvalue weighted by Gasteiger charge is 2.15. The van der Waals surface area contributed by atoms with Crippen LogP contribution in [0.1, 0.15) is 27.5 Å². The highest BCUT2D eigenvalue weighted by atomic mass is 16.5. The lowest BCUT2D eigenvalue weighted by atomic mass is 10.2. The topological polar surface area (TPSA) is 85.8 Å². The van der Waals surface area contributed by atoms with E-state index in [-0.39, 0.29) is 5.91 Å². The third-order valence-electron chi connectivity index (χ3n) is 4.37. The van der Waals surface area contributed by atoms with E-state index in [2.05, 4.69) is 20.6 Å². The van der Waals surface area contributed by atoms with E-state index in [1.807, 2.05) is 62.4 Å². The van der Waals surface area contributed by atoms with E-state index in [0.29, 0.717) is 23.0 Å². The molecule has 1 amide bonds.